The SMILES string of the molecule is N#Cc1cc(F)ccc1N1CCCC1. The largest absolute Gasteiger partial charge is 0.370 e. The maximum atomic E-state index is 12.9. The van der Waals surface area contributed by atoms with E-state index < -0.39 is 0 Å². The van der Waals surface area contributed by atoms with E-state index in [0.717, 1.165) is 31.6 Å². The van der Waals surface area contributed by atoms with Crippen molar-refractivity contribution in [3.05, 3.63) is 29.6 Å². The molecule has 1 aromatic carbocycles. The molecular formula is C11H11FN2. The normalized spacial score (nSPS) is 15.6. The Morgan fingerprint density at radius 2 is 2.00 bits per heavy atom. The van der Waals surface area contributed by atoms with E-state index in [2.05, 4.69) is 4.90 Å². The van der Waals surface area contributed by atoms with Crippen LogP contribution in [-0.2, 0) is 0 Å². The van der Waals surface area contributed by atoms with Gasteiger partial charge in [0.2, 0.25) is 0 Å². The number of nitrogens with zero attached hydrogens (tertiary/aromatic N) is 2. The first-order valence-electron chi connectivity index (χ1n) is 4.76. The quantitative estimate of drug-likeness (QED) is 0.679. The summed E-state index contributed by atoms with van der Waals surface area (Å²) in [5, 5.41) is 8.86. The average molecular weight is 190 g/mol. The summed E-state index contributed by atoms with van der Waals surface area (Å²) in [5.74, 6) is -0.343. The third kappa shape index (κ3) is 1.56. The van der Waals surface area contributed by atoms with Gasteiger partial charge in [0.15, 0.2) is 0 Å². The van der Waals surface area contributed by atoms with Crippen molar-refractivity contribution < 1.29 is 4.39 Å². The highest BCUT2D eigenvalue weighted by atomic mass is 19.1. The standard InChI is InChI=1S/C11H11FN2/c12-10-3-4-11(9(7-10)8-13)14-5-1-2-6-14/h3-4,7H,1-2,5-6H2. The van der Waals surface area contributed by atoms with E-state index in [1.165, 1.54) is 12.1 Å². The van der Waals surface area contributed by atoms with Gasteiger partial charge in [0.25, 0.3) is 0 Å². The molecule has 1 aromatic rings. The molecule has 1 aliphatic rings. The van der Waals surface area contributed by atoms with E-state index in [0.29, 0.717) is 5.56 Å². The fourth-order valence-electron chi connectivity index (χ4n) is 1.83. The molecule has 0 unspecified atom stereocenters. The van der Waals surface area contributed by atoms with Crippen LogP contribution in [0.25, 0.3) is 0 Å². The summed E-state index contributed by atoms with van der Waals surface area (Å²) in [6.45, 7) is 1.95. The first-order valence-corrected chi connectivity index (χ1v) is 4.76. The molecule has 1 fully saturated rings. The van der Waals surface area contributed by atoms with Crippen molar-refractivity contribution in [1.82, 2.24) is 0 Å². The van der Waals surface area contributed by atoms with Gasteiger partial charge in [-0.05, 0) is 31.0 Å². The molecule has 0 radical (unpaired) electrons. The van der Waals surface area contributed by atoms with Crippen LogP contribution >= 0.6 is 0 Å². The number of rotatable bonds is 1. The van der Waals surface area contributed by atoms with Crippen LogP contribution in [0.3, 0.4) is 0 Å². The second-order valence-electron chi connectivity index (χ2n) is 3.47. The van der Waals surface area contributed by atoms with Crippen molar-refractivity contribution >= 4 is 5.69 Å². The van der Waals surface area contributed by atoms with Gasteiger partial charge >= 0.3 is 0 Å². The zero-order chi connectivity index (χ0) is 9.97. The monoisotopic (exact) mass is 190 g/mol. The lowest BCUT2D eigenvalue weighted by Crippen LogP contribution is -2.18. The van der Waals surface area contributed by atoms with Crippen LogP contribution in [0.15, 0.2) is 18.2 Å². The molecule has 0 bridgehead atoms. The highest BCUT2D eigenvalue weighted by Gasteiger charge is 2.15. The highest BCUT2D eigenvalue weighted by Crippen LogP contribution is 2.24. The molecule has 3 heteroatoms. The van der Waals surface area contributed by atoms with Crippen molar-refractivity contribution in [1.29, 1.82) is 5.26 Å². The van der Waals surface area contributed by atoms with E-state index in [4.69, 9.17) is 5.26 Å². The van der Waals surface area contributed by atoms with Crippen LogP contribution in [0.5, 0.6) is 0 Å². The average Bonchev–Trinajstić information content (AvgIpc) is 2.70. The molecule has 14 heavy (non-hydrogen) atoms. The fraction of sp³-hybridized carbons (Fsp3) is 0.364. The Hall–Kier alpha value is -1.56. The van der Waals surface area contributed by atoms with Crippen LogP contribution in [0, 0.1) is 17.1 Å². The topological polar surface area (TPSA) is 27.0 Å². The van der Waals surface area contributed by atoms with Gasteiger partial charge in [-0.15, -0.1) is 0 Å². The van der Waals surface area contributed by atoms with Gasteiger partial charge in [0.05, 0.1) is 11.3 Å². The van der Waals surface area contributed by atoms with Gasteiger partial charge in [0.1, 0.15) is 11.9 Å². The molecule has 0 N–H and O–H groups in total. The summed E-state index contributed by atoms with van der Waals surface area (Å²) in [6.07, 6.45) is 2.31. The molecule has 72 valence electrons. The summed E-state index contributed by atoms with van der Waals surface area (Å²) in [4.78, 5) is 2.14. The van der Waals surface area contributed by atoms with Gasteiger partial charge in [-0.2, -0.15) is 5.26 Å². The predicted molar refractivity (Wildman–Crippen MR) is 52.6 cm³/mol. The van der Waals surface area contributed by atoms with Crippen LogP contribution in [0.2, 0.25) is 0 Å². The molecule has 1 aliphatic heterocycles. The van der Waals surface area contributed by atoms with Crippen molar-refractivity contribution in [3.63, 3.8) is 0 Å². The minimum Gasteiger partial charge on any atom is -0.370 e. The minimum atomic E-state index is -0.343. The van der Waals surface area contributed by atoms with E-state index in [1.54, 1.807) is 6.07 Å². The Bertz CT molecular complexity index is 375. The molecule has 2 nitrogen and oxygen atoms in total. The summed E-state index contributed by atoms with van der Waals surface area (Å²) in [5.41, 5.74) is 1.30. The molecule has 2 rings (SSSR count). The lowest BCUT2D eigenvalue weighted by Gasteiger charge is -2.18. The molecule has 1 heterocycles. The summed E-state index contributed by atoms with van der Waals surface area (Å²) in [6, 6.07) is 6.44. The van der Waals surface area contributed by atoms with E-state index in [1.807, 2.05) is 6.07 Å². The number of nitriles is 1. The first kappa shape index (κ1) is 9.01. The molecule has 1 saturated heterocycles. The van der Waals surface area contributed by atoms with E-state index in [-0.39, 0.29) is 5.82 Å². The van der Waals surface area contributed by atoms with Gasteiger partial charge in [-0.3, -0.25) is 0 Å². The zero-order valence-electron chi connectivity index (χ0n) is 7.83. The van der Waals surface area contributed by atoms with E-state index >= 15 is 0 Å². The van der Waals surface area contributed by atoms with Crippen molar-refractivity contribution in [2.24, 2.45) is 0 Å². The number of anilines is 1. The fourth-order valence-corrected chi connectivity index (χ4v) is 1.83. The molecular weight excluding hydrogens is 179 g/mol. The smallest absolute Gasteiger partial charge is 0.124 e. The number of benzene rings is 1. The van der Waals surface area contributed by atoms with Crippen molar-refractivity contribution in [2.45, 2.75) is 12.8 Å². The highest BCUT2D eigenvalue weighted by molar-refractivity contribution is 5.59. The summed E-state index contributed by atoms with van der Waals surface area (Å²) < 4.78 is 12.9. The second-order valence-corrected chi connectivity index (χ2v) is 3.47. The molecule has 0 atom stereocenters. The summed E-state index contributed by atoms with van der Waals surface area (Å²) >= 11 is 0. The third-order valence-corrected chi connectivity index (χ3v) is 2.53. The van der Waals surface area contributed by atoms with Gasteiger partial charge in [-0.1, -0.05) is 0 Å². The number of hydrogen-bond donors (Lipinski definition) is 0. The van der Waals surface area contributed by atoms with Crippen LogP contribution < -0.4 is 4.90 Å². The molecule has 0 spiro atoms. The van der Waals surface area contributed by atoms with Crippen LogP contribution in [0.1, 0.15) is 18.4 Å². The second kappa shape index (κ2) is 3.67. The molecule has 0 saturated carbocycles. The molecule has 0 aromatic heterocycles. The number of hydrogen-bond acceptors (Lipinski definition) is 2. The Morgan fingerprint density at radius 1 is 1.29 bits per heavy atom. The first-order chi connectivity index (χ1) is 6.81. The van der Waals surface area contributed by atoms with Crippen LogP contribution in [-0.4, -0.2) is 13.1 Å². The molecule has 0 aliphatic carbocycles. The minimum absolute atomic E-state index is 0.343. The Morgan fingerprint density at radius 3 is 2.64 bits per heavy atom. The third-order valence-electron chi connectivity index (χ3n) is 2.53. The maximum Gasteiger partial charge on any atom is 0.124 e. The van der Waals surface area contributed by atoms with Gasteiger partial charge in [0, 0.05) is 13.1 Å². The lowest BCUT2D eigenvalue weighted by molar-refractivity contribution is 0.627. The van der Waals surface area contributed by atoms with Crippen molar-refractivity contribution in [2.75, 3.05) is 18.0 Å². The number of halogens is 1. The Labute approximate surface area is 82.6 Å². The van der Waals surface area contributed by atoms with Crippen LogP contribution in [0.4, 0.5) is 10.1 Å². The van der Waals surface area contributed by atoms with Gasteiger partial charge < -0.3 is 4.90 Å². The van der Waals surface area contributed by atoms with E-state index in [9.17, 15) is 4.39 Å². The Balaban J connectivity index is 2.37. The summed E-state index contributed by atoms with van der Waals surface area (Å²) in [7, 11) is 0. The van der Waals surface area contributed by atoms with Crippen molar-refractivity contribution in [3.8, 4) is 6.07 Å². The maximum absolute atomic E-state index is 12.9. The lowest BCUT2D eigenvalue weighted by atomic mass is 10.2. The van der Waals surface area contributed by atoms with Gasteiger partial charge in [-0.25, -0.2) is 4.39 Å². The zero-order valence-corrected chi connectivity index (χ0v) is 7.83. The predicted octanol–water partition coefficient (Wildman–Crippen LogP) is 2.30. The Kier molecular flexibility index (Phi) is 2.36. The molecule has 0 amide bonds.